The van der Waals surface area contributed by atoms with Gasteiger partial charge in [0.15, 0.2) is 0 Å². The highest BCUT2D eigenvalue weighted by Crippen LogP contribution is 2.27. The van der Waals surface area contributed by atoms with Crippen LogP contribution in [-0.4, -0.2) is 53.5 Å². The van der Waals surface area contributed by atoms with E-state index in [0.717, 1.165) is 53.5 Å². The van der Waals surface area contributed by atoms with E-state index in [1.807, 2.05) is 19.1 Å². The molecule has 7 heteroatoms. The lowest BCUT2D eigenvalue weighted by atomic mass is 10.1. The molecular weight excluding hydrogens is 358 g/mol. The van der Waals surface area contributed by atoms with Gasteiger partial charge in [-0.25, -0.2) is 9.97 Å². The Morgan fingerprint density at radius 2 is 1.96 bits per heavy atom. The Labute approximate surface area is 162 Å². The van der Waals surface area contributed by atoms with Crippen molar-refractivity contribution in [3.63, 3.8) is 0 Å². The summed E-state index contributed by atoms with van der Waals surface area (Å²) in [5, 5.41) is 6.22. The summed E-state index contributed by atoms with van der Waals surface area (Å²) in [6, 6.07) is 8.07. The Bertz CT molecular complexity index is 962. The van der Waals surface area contributed by atoms with Crippen molar-refractivity contribution in [3.05, 3.63) is 47.1 Å². The molecule has 1 aliphatic rings. The fourth-order valence-corrected chi connectivity index (χ4v) is 4.15. The number of hydrogen-bond acceptors (Lipinski definition) is 6. The van der Waals surface area contributed by atoms with Gasteiger partial charge >= 0.3 is 0 Å². The number of piperazine rings is 1. The van der Waals surface area contributed by atoms with Gasteiger partial charge in [-0.3, -0.25) is 9.69 Å². The molecule has 1 N–H and O–H groups in total. The van der Waals surface area contributed by atoms with Crippen molar-refractivity contribution in [2.45, 2.75) is 13.8 Å². The van der Waals surface area contributed by atoms with E-state index < -0.39 is 0 Å². The summed E-state index contributed by atoms with van der Waals surface area (Å²) >= 11 is 1.64. The molecule has 3 aromatic rings. The number of fused-ring (bicyclic) bond motifs is 1. The molecule has 140 valence electrons. The van der Waals surface area contributed by atoms with Crippen LogP contribution < -0.4 is 10.2 Å². The summed E-state index contributed by atoms with van der Waals surface area (Å²) in [7, 11) is 0. The molecule has 1 amide bonds. The Morgan fingerprint density at radius 1 is 1.15 bits per heavy atom. The first kappa shape index (κ1) is 17.9. The van der Waals surface area contributed by atoms with Gasteiger partial charge in [0.2, 0.25) is 5.91 Å². The minimum Gasteiger partial charge on any atom is -0.353 e. The Balaban J connectivity index is 1.35. The van der Waals surface area contributed by atoms with Crippen LogP contribution in [0.25, 0.3) is 10.2 Å². The van der Waals surface area contributed by atoms with Gasteiger partial charge in [0.1, 0.15) is 17.0 Å². The average Bonchev–Trinajstić information content (AvgIpc) is 3.15. The molecule has 0 spiro atoms. The number of rotatable bonds is 4. The van der Waals surface area contributed by atoms with Crippen molar-refractivity contribution >= 4 is 39.0 Å². The predicted molar refractivity (Wildman–Crippen MR) is 111 cm³/mol. The summed E-state index contributed by atoms with van der Waals surface area (Å²) < 4.78 is 0. The molecule has 1 saturated heterocycles. The summed E-state index contributed by atoms with van der Waals surface area (Å²) in [5.41, 5.74) is 3.21. The Morgan fingerprint density at radius 3 is 2.78 bits per heavy atom. The quantitative estimate of drug-likeness (QED) is 0.753. The van der Waals surface area contributed by atoms with Crippen LogP contribution in [0, 0.1) is 13.8 Å². The van der Waals surface area contributed by atoms with Crippen LogP contribution in [0.2, 0.25) is 0 Å². The number of amides is 1. The molecule has 0 unspecified atom stereocenters. The van der Waals surface area contributed by atoms with Gasteiger partial charge in [0.05, 0.1) is 11.9 Å². The highest BCUT2D eigenvalue weighted by atomic mass is 32.1. The van der Waals surface area contributed by atoms with E-state index in [1.54, 1.807) is 17.7 Å². The van der Waals surface area contributed by atoms with Crippen LogP contribution in [-0.2, 0) is 4.79 Å². The molecule has 1 fully saturated rings. The maximum absolute atomic E-state index is 12.5. The number of thiophene rings is 1. The highest BCUT2D eigenvalue weighted by molar-refractivity contribution is 7.16. The SMILES string of the molecule is Cc1cccc(NC(=O)CN2CCN(c3ncnc4sccc34)CC2)c1C. The summed E-state index contributed by atoms with van der Waals surface area (Å²) in [4.78, 5) is 26.8. The molecule has 4 rings (SSSR count). The van der Waals surface area contributed by atoms with E-state index in [1.165, 1.54) is 5.56 Å². The largest absolute Gasteiger partial charge is 0.353 e. The minimum absolute atomic E-state index is 0.0411. The Kier molecular flexibility index (Phi) is 5.05. The molecule has 1 aromatic carbocycles. The Hall–Kier alpha value is -2.51. The average molecular weight is 382 g/mol. The van der Waals surface area contributed by atoms with E-state index in [4.69, 9.17) is 0 Å². The van der Waals surface area contributed by atoms with Crippen molar-refractivity contribution in [1.29, 1.82) is 0 Å². The van der Waals surface area contributed by atoms with Gasteiger partial charge in [-0.2, -0.15) is 0 Å². The van der Waals surface area contributed by atoms with E-state index in [2.05, 4.69) is 49.5 Å². The number of aryl methyl sites for hydroxylation is 1. The monoisotopic (exact) mass is 381 g/mol. The number of nitrogens with zero attached hydrogens (tertiary/aromatic N) is 4. The predicted octanol–water partition coefficient (Wildman–Crippen LogP) is 3.07. The van der Waals surface area contributed by atoms with Crippen LogP contribution in [0.4, 0.5) is 11.5 Å². The van der Waals surface area contributed by atoms with Crippen molar-refractivity contribution in [2.75, 3.05) is 42.9 Å². The number of anilines is 2. The van der Waals surface area contributed by atoms with E-state index in [0.29, 0.717) is 6.54 Å². The molecule has 0 bridgehead atoms. The second-order valence-electron chi connectivity index (χ2n) is 6.90. The first-order valence-corrected chi connectivity index (χ1v) is 10.0. The fourth-order valence-electron chi connectivity index (χ4n) is 3.43. The zero-order valence-corrected chi connectivity index (χ0v) is 16.4. The number of nitrogens with one attached hydrogen (secondary N) is 1. The normalized spacial score (nSPS) is 15.3. The smallest absolute Gasteiger partial charge is 0.238 e. The van der Waals surface area contributed by atoms with Crippen LogP contribution in [0.5, 0.6) is 0 Å². The third-order valence-electron chi connectivity index (χ3n) is 5.16. The van der Waals surface area contributed by atoms with Gasteiger partial charge in [-0.15, -0.1) is 11.3 Å². The van der Waals surface area contributed by atoms with Gasteiger partial charge in [0.25, 0.3) is 0 Å². The third-order valence-corrected chi connectivity index (χ3v) is 5.98. The first-order valence-electron chi connectivity index (χ1n) is 9.13. The zero-order valence-electron chi connectivity index (χ0n) is 15.6. The lowest BCUT2D eigenvalue weighted by Gasteiger charge is -2.35. The molecule has 27 heavy (non-hydrogen) atoms. The molecule has 2 aromatic heterocycles. The number of carbonyl (C=O) groups excluding carboxylic acids is 1. The van der Waals surface area contributed by atoms with Crippen LogP contribution in [0.15, 0.2) is 36.0 Å². The number of aromatic nitrogens is 2. The molecular formula is C20H23N5OS. The minimum atomic E-state index is 0.0411. The summed E-state index contributed by atoms with van der Waals surface area (Å²) in [6.45, 7) is 7.92. The lowest BCUT2D eigenvalue weighted by molar-refractivity contribution is -0.117. The van der Waals surface area contributed by atoms with Gasteiger partial charge in [-0.1, -0.05) is 12.1 Å². The second kappa shape index (κ2) is 7.62. The second-order valence-corrected chi connectivity index (χ2v) is 7.79. The third kappa shape index (κ3) is 3.79. The lowest BCUT2D eigenvalue weighted by Crippen LogP contribution is -2.49. The maximum Gasteiger partial charge on any atom is 0.238 e. The van der Waals surface area contributed by atoms with Crippen molar-refractivity contribution in [3.8, 4) is 0 Å². The molecule has 0 saturated carbocycles. The highest BCUT2D eigenvalue weighted by Gasteiger charge is 2.21. The number of carbonyl (C=O) groups is 1. The molecule has 1 aliphatic heterocycles. The van der Waals surface area contributed by atoms with Crippen molar-refractivity contribution < 1.29 is 4.79 Å². The topological polar surface area (TPSA) is 61.4 Å². The van der Waals surface area contributed by atoms with Gasteiger partial charge < -0.3 is 10.2 Å². The van der Waals surface area contributed by atoms with Crippen LogP contribution in [0.3, 0.4) is 0 Å². The van der Waals surface area contributed by atoms with E-state index in [-0.39, 0.29) is 5.91 Å². The van der Waals surface area contributed by atoms with Crippen molar-refractivity contribution in [2.24, 2.45) is 0 Å². The molecule has 0 aliphatic carbocycles. The van der Waals surface area contributed by atoms with Crippen molar-refractivity contribution in [1.82, 2.24) is 14.9 Å². The number of hydrogen-bond donors (Lipinski definition) is 1. The standard InChI is InChI=1S/C20H23N5OS/c1-14-4-3-5-17(15(14)2)23-18(26)12-24-7-9-25(10-8-24)19-16-6-11-27-20(16)22-13-21-19/h3-6,11,13H,7-10,12H2,1-2H3,(H,23,26). The summed E-state index contributed by atoms with van der Waals surface area (Å²) in [5.74, 6) is 1.04. The van der Waals surface area contributed by atoms with Gasteiger partial charge in [-0.05, 0) is 42.5 Å². The number of benzene rings is 1. The maximum atomic E-state index is 12.5. The molecule has 3 heterocycles. The molecule has 0 radical (unpaired) electrons. The van der Waals surface area contributed by atoms with Gasteiger partial charge in [0, 0.05) is 31.9 Å². The molecule has 0 atom stereocenters. The van der Waals surface area contributed by atoms with E-state index >= 15 is 0 Å². The van der Waals surface area contributed by atoms with E-state index in [9.17, 15) is 4.79 Å². The van der Waals surface area contributed by atoms with Crippen LogP contribution >= 0.6 is 11.3 Å². The first-order chi connectivity index (χ1) is 13.1. The molecule has 6 nitrogen and oxygen atoms in total. The zero-order chi connectivity index (χ0) is 18.8. The fraction of sp³-hybridized carbons (Fsp3) is 0.350. The van der Waals surface area contributed by atoms with Crippen LogP contribution in [0.1, 0.15) is 11.1 Å². The summed E-state index contributed by atoms with van der Waals surface area (Å²) in [6.07, 6.45) is 1.64.